The Hall–Kier alpha value is -1.99. The van der Waals surface area contributed by atoms with E-state index < -0.39 is 17.4 Å². The molecule has 0 aromatic heterocycles. The number of carboxylic acid groups (broad SMARTS) is 1. The molecule has 1 aromatic rings. The predicted octanol–water partition coefficient (Wildman–Crippen LogP) is 1.48. The van der Waals surface area contributed by atoms with Crippen LogP contribution in [0.4, 0.5) is 9.18 Å². The number of benzene rings is 1. The van der Waals surface area contributed by atoms with Crippen LogP contribution in [0.3, 0.4) is 0 Å². The van der Waals surface area contributed by atoms with Crippen molar-refractivity contribution >= 4 is 11.9 Å². The zero-order chi connectivity index (χ0) is 18.0. The van der Waals surface area contributed by atoms with Crippen molar-refractivity contribution in [3.05, 3.63) is 35.1 Å². The van der Waals surface area contributed by atoms with Gasteiger partial charge >= 0.3 is 6.09 Å². The fraction of sp³-hybridized carbons (Fsp3) is 0.556. The molecule has 1 unspecified atom stereocenters. The number of nitrogens with zero attached hydrogens (tertiary/aromatic N) is 1. The van der Waals surface area contributed by atoms with Gasteiger partial charge in [0.15, 0.2) is 5.78 Å². The average molecular weight is 349 g/mol. The van der Waals surface area contributed by atoms with E-state index in [0.717, 1.165) is 13.1 Å². The van der Waals surface area contributed by atoms with E-state index in [9.17, 15) is 19.1 Å². The summed E-state index contributed by atoms with van der Waals surface area (Å²) in [7, 11) is 0. The first-order chi connectivity index (χ1) is 12.0. The van der Waals surface area contributed by atoms with Crippen LogP contribution in [0.1, 0.15) is 24.0 Å². The van der Waals surface area contributed by atoms with Crippen molar-refractivity contribution in [2.24, 2.45) is 5.92 Å². The molecule has 2 saturated heterocycles. The second-order valence-corrected chi connectivity index (χ2v) is 6.82. The van der Waals surface area contributed by atoms with E-state index in [1.54, 1.807) is 13.0 Å². The fourth-order valence-electron chi connectivity index (χ4n) is 4.11. The number of carbonyl (C=O) groups is 2. The van der Waals surface area contributed by atoms with E-state index >= 15 is 0 Å². The lowest BCUT2D eigenvalue weighted by Crippen LogP contribution is -2.66. The zero-order valence-corrected chi connectivity index (χ0v) is 14.3. The van der Waals surface area contributed by atoms with Gasteiger partial charge in [0.05, 0.1) is 0 Å². The molecule has 0 bridgehead atoms. The maximum atomic E-state index is 13.6. The Balaban J connectivity index is 2.12. The van der Waals surface area contributed by atoms with Crippen LogP contribution in [0, 0.1) is 18.7 Å². The van der Waals surface area contributed by atoms with E-state index in [1.165, 1.54) is 17.0 Å². The van der Waals surface area contributed by atoms with E-state index in [4.69, 9.17) is 0 Å². The molecule has 136 valence electrons. The lowest BCUT2D eigenvalue weighted by atomic mass is 9.73. The van der Waals surface area contributed by atoms with Crippen molar-refractivity contribution in [3.8, 4) is 0 Å². The summed E-state index contributed by atoms with van der Waals surface area (Å²) in [6.45, 7) is 4.15. The van der Waals surface area contributed by atoms with Crippen LogP contribution < -0.4 is 10.6 Å². The predicted molar refractivity (Wildman–Crippen MR) is 91.0 cm³/mol. The van der Waals surface area contributed by atoms with Crippen LogP contribution in [0.25, 0.3) is 0 Å². The van der Waals surface area contributed by atoms with Gasteiger partial charge in [0.25, 0.3) is 0 Å². The molecule has 3 N–H and O–H groups in total. The van der Waals surface area contributed by atoms with Gasteiger partial charge in [-0.2, -0.15) is 0 Å². The molecule has 1 amide bonds. The van der Waals surface area contributed by atoms with Crippen molar-refractivity contribution in [1.29, 1.82) is 0 Å². The summed E-state index contributed by atoms with van der Waals surface area (Å²) < 4.78 is 13.6. The largest absolute Gasteiger partial charge is 0.465 e. The van der Waals surface area contributed by atoms with Crippen LogP contribution in [0.5, 0.6) is 0 Å². The fourth-order valence-corrected chi connectivity index (χ4v) is 4.11. The molecule has 1 aromatic carbocycles. The minimum Gasteiger partial charge on any atom is -0.465 e. The second-order valence-electron chi connectivity index (χ2n) is 6.82. The molecule has 0 spiro atoms. The minimum atomic E-state index is -1.30. The third-order valence-corrected chi connectivity index (χ3v) is 5.34. The lowest BCUT2D eigenvalue weighted by Gasteiger charge is -2.47. The number of carbonyl (C=O) groups excluding carboxylic acids is 1. The summed E-state index contributed by atoms with van der Waals surface area (Å²) in [6.07, 6.45) is 0.260. The highest BCUT2D eigenvalue weighted by Gasteiger charge is 2.52. The number of aryl methyl sites for hydroxylation is 1. The van der Waals surface area contributed by atoms with Gasteiger partial charge in [-0.15, -0.1) is 0 Å². The molecular weight excluding hydrogens is 325 g/mol. The number of amides is 1. The highest BCUT2D eigenvalue weighted by atomic mass is 19.1. The first-order valence-electron chi connectivity index (χ1n) is 8.70. The number of hydrogen-bond acceptors (Lipinski definition) is 4. The molecule has 2 heterocycles. The molecule has 0 aliphatic carbocycles. The van der Waals surface area contributed by atoms with Crippen LogP contribution in [0.2, 0.25) is 0 Å². The summed E-state index contributed by atoms with van der Waals surface area (Å²) in [6, 6.07) is 4.22. The number of nitrogens with one attached hydrogen (secondary N) is 2. The third kappa shape index (κ3) is 3.14. The van der Waals surface area contributed by atoms with Gasteiger partial charge in [0.2, 0.25) is 0 Å². The quantitative estimate of drug-likeness (QED) is 0.770. The van der Waals surface area contributed by atoms with Crippen molar-refractivity contribution in [2.75, 3.05) is 32.7 Å². The van der Waals surface area contributed by atoms with Crippen LogP contribution in [-0.2, 0) is 10.3 Å². The molecule has 2 fully saturated rings. The maximum absolute atomic E-state index is 13.6. The van der Waals surface area contributed by atoms with E-state index in [0.29, 0.717) is 30.5 Å². The van der Waals surface area contributed by atoms with Crippen molar-refractivity contribution < 1.29 is 19.1 Å². The summed E-state index contributed by atoms with van der Waals surface area (Å²) in [5.41, 5.74) is -0.131. The second kappa shape index (κ2) is 7.09. The Morgan fingerprint density at radius 2 is 1.96 bits per heavy atom. The van der Waals surface area contributed by atoms with Crippen molar-refractivity contribution in [2.45, 2.75) is 25.3 Å². The van der Waals surface area contributed by atoms with Gasteiger partial charge in [0, 0.05) is 25.6 Å². The normalized spacial score (nSPS) is 25.0. The van der Waals surface area contributed by atoms with Gasteiger partial charge in [-0.05, 0) is 56.1 Å². The Bertz CT molecular complexity index is 676. The number of piperidine rings is 1. The molecule has 25 heavy (non-hydrogen) atoms. The Morgan fingerprint density at radius 1 is 1.24 bits per heavy atom. The Morgan fingerprint density at radius 3 is 2.60 bits per heavy atom. The molecule has 6 nitrogen and oxygen atoms in total. The van der Waals surface area contributed by atoms with Gasteiger partial charge < -0.3 is 15.7 Å². The van der Waals surface area contributed by atoms with Crippen molar-refractivity contribution in [1.82, 2.24) is 15.5 Å². The number of ketones is 1. The summed E-state index contributed by atoms with van der Waals surface area (Å²) in [5, 5.41) is 16.2. The number of rotatable bonds is 3. The highest BCUT2D eigenvalue weighted by Crippen LogP contribution is 2.37. The molecule has 2 aliphatic rings. The van der Waals surface area contributed by atoms with E-state index in [2.05, 4.69) is 10.6 Å². The van der Waals surface area contributed by atoms with Crippen molar-refractivity contribution in [3.63, 3.8) is 0 Å². The summed E-state index contributed by atoms with van der Waals surface area (Å²) in [5.74, 6) is -0.679. The van der Waals surface area contributed by atoms with Gasteiger partial charge in [-0.25, -0.2) is 9.18 Å². The van der Waals surface area contributed by atoms with E-state index in [-0.39, 0.29) is 24.8 Å². The topological polar surface area (TPSA) is 81.7 Å². The maximum Gasteiger partial charge on any atom is 0.408 e. The molecule has 0 radical (unpaired) electrons. The number of hydrogen-bond donors (Lipinski definition) is 3. The molecule has 3 rings (SSSR count). The molecule has 1 atom stereocenters. The highest BCUT2D eigenvalue weighted by molar-refractivity contribution is 5.95. The first kappa shape index (κ1) is 17.8. The van der Waals surface area contributed by atoms with Gasteiger partial charge in [-0.3, -0.25) is 9.69 Å². The van der Waals surface area contributed by atoms with E-state index in [1.807, 2.05) is 0 Å². The number of halogens is 1. The summed E-state index contributed by atoms with van der Waals surface area (Å²) >= 11 is 0. The third-order valence-electron chi connectivity index (χ3n) is 5.34. The Kier molecular flexibility index (Phi) is 5.06. The van der Waals surface area contributed by atoms with Crippen LogP contribution >= 0.6 is 0 Å². The molecule has 2 aliphatic heterocycles. The van der Waals surface area contributed by atoms with Gasteiger partial charge in [-0.1, -0.05) is 6.07 Å². The minimum absolute atomic E-state index is 0.0849. The lowest BCUT2D eigenvalue weighted by molar-refractivity contribution is -0.137. The average Bonchev–Trinajstić information content (AvgIpc) is 2.61. The van der Waals surface area contributed by atoms with Crippen LogP contribution in [0.15, 0.2) is 18.2 Å². The standard InChI is InChI=1S/C18H24FN3O3/c1-12-10-14(19)2-3-15(12)18(11-21-8-9-22(18)17(24)25)16(23)13-4-6-20-7-5-13/h2-3,10,13,20-21H,4-9,11H2,1H3,(H,24,25). The zero-order valence-electron chi connectivity index (χ0n) is 14.3. The monoisotopic (exact) mass is 349 g/mol. The van der Waals surface area contributed by atoms with Crippen LogP contribution in [-0.4, -0.2) is 54.6 Å². The molecule has 7 heteroatoms. The van der Waals surface area contributed by atoms with Gasteiger partial charge in [0.1, 0.15) is 11.4 Å². The molecule has 0 saturated carbocycles. The first-order valence-corrected chi connectivity index (χ1v) is 8.70. The number of piperazine rings is 1. The Labute approximate surface area is 146 Å². The SMILES string of the molecule is Cc1cc(F)ccc1C1(C(=O)C2CCNCC2)CNCCN1C(=O)O. The smallest absolute Gasteiger partial charge is 0.408 e. The molecular formula is C18H24FN3O3. The number of Topliss-reactive ketones (excluding diaryl/α,β-unsaturated/α-hetero) is 1. The summed E-state index contributed by atoms with van der Waals surface area (Å²) in [4.78, 5) is 26.8.